The molecule has 14 heavy (non-hydrogen) atoms. The second kappa shape index (κ2) is 5.47. The fourth-order valence-electron chi connectivity index (χ4n) is 0.870. The molecule has 1 radical (unpaired) electrons. The van der Waals surface area contributed by atoms with Crippen LogP contribution in [0.3, 0.4) is 0 Å². The first-order valence-corrected chi connectivity index (χ1v) is 4.24. The van der Waals surface area contributed by atoms with Crippen molar-refractivity contribution in [2.75, 3.05) is 20.3 Å². The molecule has 1 aromatic carbocycles. The van der Waals surface area contributed by atoms with Crippen molar-refractivity contribution in [1.82, 2.24) is 0 Å². The molecule has 1 unspecified atom stereocenters. The average Bonchev–Trinajstić information content (AvgIpc) is 2.26. The summed E-state index contributed by atoms with van der Waals surface area (Å²) in [5.74, 6) is 1.05. The molecule has 0 fully saturated rings. The van der Waals surface area contributed by atoms with Crippen LogP contribution in [0.15, 0.2) is 18.2 Å². The highest BCUT2D eigenvalue weighted by Gasteiger charge is 2.03. The van der Waals surface area contributed by atoms with Crippen LogP contribution in [0.1, 0.15) is 0 Å². The summed E-state index contributed by atoms with van der Waals surface area (Å²) in [6, 6.07) is 8.04. The van der Waals surface area contributed by atoms with E-state index in [1.807, 2.05) is 0 Å². The minimum absolute atomic E-state index is 0.0418. The number of methoxy groups -OCH3 is 1. The van der Waals surface area contributed by atoms with Gasteiger partial charge in [-0.3, -0.25) is 0 Å². The number of rotatable bonds is 5. The van der Waals surface area contributed by atoms with E-state index in [0.29, 0.717) is 11.5 Å². The van der Waals surface area contributed by atoms with Gasteiger partial charge in [0.15, 0.2) is 0 Å². The fraction of sp³-hybridized carbons (Fsp3) is 0.400. The lowest BCUT2D eigenvalue weighted by Crippen LogP contribution is -2.21. The summed E-state index contributed by atoms with van der Waals surface area (Å²) < 4.78 is 10.1. The Morgan fingerprint density at radius 3 is 2.79 bits per heavy atom. The number of benzene rings is 1. The van der Waals surface area contributed by atoms with E-state index in [1.165, 1.54) is 7.11 Å². The van der Waals surface area contributed by atoms with Gasteiger partial charge in [-0.15, -0.1) is 0 Å². The third-order valence-electron chi connectivity index (χ3n) is 1.60. The largest absolute Gasteiger partial charge is 0.496 e. The van der Waals surface area contributed by atoms with Gasteiger partial charge < -0.3 is 19.7 Å². The molecule has 4 heteroatoms. The van der Waals surface area contributed by atoms with E-state index < -0.39 is 6.10 Å². The Kier molecular flexibility index (Phi) is 4.22. The summed E-state index contributed by atoms with van der Waals surface area (Å²) in [5.41, 5.74) is 0. The molecular formula is C10H13O4. The van der Waals surface area contributed by atoms with Crippen molar-refractivity contribution in [3.8, 4) is 11.5 Å². The molecule has 0 aromatic heterocycles. The maximum absolute atomic E-state index is 9.03. The van der Waals surface area contributed by atoms with Gasteiger partial charge in [-0.05, 0) is 12.1 Å². The van der Waals surface area contributed by atoms with E-state index in [2.05, 4.69) is 6.07 Å². The van der Waals surface area contributed by atoms with E-state index in [0.717, 1.165) is 0 Å². The van der Waals surface area contributed by atoms with E-state index in [-0.39, 0.29) is 13.2 Å². The highest BCUT2D eigenvalue weighted by Crippen LogP contribution is 2.17. The lowest BCUT2D eigenvalue weighted by molar-refractivity contribution is 0.0534. The standard InChI is InChI=1S/C10H13O4/c1-13-9-3-2-4-10(5-9)14-7-8(12)6-11/h2-4,8,11-12H,6-7H2,1H3. The Morgan fingerprint density at radius 1 is 1.43 bits per heavy atom. The molecule has 1 rings (SSSR count). The van der Waals surface area contributed by atoms with Crippen molar-refractivity contribution in [3.63, 3.8) is 0 Å². The van der Waals surface area contributed by atoms with Crippen LogP contribution in [0.2, 0.25) is 0 Å². The number of ether oxygens (including phenoxy) is 2. The Balaban J connectivity index is 2.50. The molecule has 0 aliphatic carbocycles. The van der Waals surface area contributed by atoms with Crippen molar-refractivity contribution in [3.05, 3.63) is 24.3 Å². The first-order valence-electron chi connectivity index (χ1n) is 4.24. The normalized spacial score (nSPS) is 12.2. The van der Waals surface area contributed by atoms with Gasteiger partial charge in [0.1, 0.15) is 24.2 Å². The molecule has 2 N–H and O–H groups in total. The first-order chi connectivity index (χ1) is 6.76. The summed E-state index contributed by atoms with van der Waals surface area (Å²) in [5, 5.41) is 17.6. The van der Waals surface area contributed by atoms with Gasteiger partial charge in [0, 0.05) is 0 Å². The minimum Gasteiger partial charge on any atom is -0.496 e. The van der Waals surface area contributed by atoms with Crippen LogP contribution in [0, 0.1) is 6.07 Å². The lowest BCUT2D eigenvalue weighted by Gasteiger charge is -2.09. The van der Waals surface area contributed by atoms with Gasteiger partial charge in [-0.25, -0.2) is 0 Å². The molecule has 0 aliphatic heterocycles. The maximum atomic E-state index is 9.03. The summed E-state index contributed by atoms with van der Waals surface area (Å²) in [6.45, 7) is -0.274. The summed E-state index contributed by atoms with van der Waals surface area (Å²) in [6.07, 6.45) is -0.866. The SMILES string of the molecule is COc1[c]c(OCC(O)CO)ccc1. The number of hydrogen-bond donors (Lipinski definition) is 2. The van der Waals surface area contributed by atoms with Crippen LogP contribution in [0.4, 0.5) is 0 Å². The van der Waals surface area contributed by atoms with Gasteiger partial charge in [-0.1, -0.05) is 6.07 Å². The van der Waals surface area contributed by atoms with Crippen molar-refractivity contribution in [2.24, 2.45) is 0 Å². The van der Waals surface area contributed by atoms with Gasteiger partial charge >= 0.3 is 0 Å². The predicted molar refractivity (Wildman–Crippen MR) is 50.4 cm³/mol. The van der Waals surface area contributed by atoms with Gasteiger partial charge in [0.05, 0.1) is 19.8 Å². The molecule has 1 aromatic rings. The Morgan fingerprint density at radius 2 is 2.14 bits per heavy atom. The Labute approximate surface area is 82.7 Å². The third kappa shape index (κ3) is 3.24. The molecule has 0 bridgehead atoms. The zero-order chi connectivity index (χ0) is 10.4. The van der Waals surface area contributed by atoms with E-state index in [1.54, 1.807) is 18.2 Å². The molecule has 0 saturated carbocycles. The third-order valence-corrected chi connectivity index (χ3v) is 1.60. The molecule has 0 saturated heterocycles. The number of aliphatic hydroxyl groups is 2. The molecule has 77 valence electrons. The van der Waals surface area contributed by atoms with Crippen molar-refractivity contribution >= 4 is 0 Å². The predicted octanol–water partition coefficient (Wildman–Crippen LogP) is 0.227. The zero-order valence-corrected chi connectivity index (χ0v) is 7.93. The van der Waals surface area contributed by atoms with Crippen molar-refractivity contribution in [1.29, 1.82) is 0 Å². The van der Waals surface area contributed by atoms with Crippen LogP contribution < -0.4 is 9.47 Å². The molecular weight excluding hydrogens is 184 g/mol. The maximum Gasteiger partial charge on any atom is 0.131 e. The molecule has 0 amide bonds. The molecule has 4 nitrogen and oxygen atoms in total. The second-order valence-electron chi connectivity index (χ2n) is 2.73. The highest BCUT2D eigenvalue weighted by molar-refractivity contribution is 5.30. The number of hydrogen-bond acceptors (Lipinski definition) is 4. The smallest absolute Gasteiger partial charge is 0.131 e. The van der Waals surface area contributed by atoms with Crippen LogP contribution >= 0.6 is 0 Å². The van der Waals surface area contributed by atoms with Gasteiger partial charge in [-0.2, -0.15) is 0 Å². The van der Waals surface area contributed by atoms with E-state index >= 15 is 0 Å². The van der Waals surface area contributed by atoms with Gasteiger partial charge in [0.25, 0.3) is 0 Å². The van der Waals surface area contributed by atoms with Crippen molar-refractivity contribution in [2.45, 2.75) is 6.10 Å². The number of aliphatic hydroxyl groups excluding tert-OH is 2. The van der Waals surface area contributed by atoms with Crippen LogP contribution in [0.25, 0.3) is 0 Å². The average molecular weight is 197 g/mol. The molecule has 0 heterocycles. The molecule has 1 atom stereocenters. The first kappa shape index (κ1) is 10.8. The fourth-order valence-corrected chi connectivity index (χ4v) is 0.870. The van der Waals surface area contributed by atoms with Crippen LogP contribution in [0.5, 0.6) is 11.5 Å². The quantitative estimate of drug-likeness (QED) is 0.709. The lowest BCUT2D eigenvalue weighted by atomic mass is 10.3. The summed E-state index contributed by atoms with van der Waals surface area (Å²) >= 11 is 0. The van der Waals surface area contributed by atoms with E-state index in [4.69, 9.17) is 19.7 Å². The van der Waals surface area contributed by atoms with Crippen molar-refractivity contribution < 1.29 is 19.7 Å². The minimum atomic E-state index is -0.866. The van der Waals surface area contributed by atoms with Crippen LogP contribution in [-0.4, -0.2) is 36.6 Å². The van der Waals surface area contributed by atoms with E-state index in [9.17, 15) is 0 Å². The summed E-state index contributed by atoms with van der Waals surface area (Å²) in [7, 11) is 1.54. The van der Waals surface area contributed by atoms with Gasteiger partial charge in [0.2, 0.25) is 0 Å². The van der Waals surface area contributed by atoms with Crippen LogP contribution in [-0.2, 0) is 0 Å². The second-order valence-corrected chi connectivity index (χ2v) is 2.73. The molecule has 0 spiro atoms. The topological polar surface area (TPSA) is 58.9 Å². The molecule has 0 aliphatic rings. The Bertz CT molecular complexity index is 275. The Hall–Kier alpha value is -1.26. The highest BCUT2D eigenvalue weighted by atomic mass is 16.5. The summed E-state index contributed by atoms with van der Waals surface area (Å²) in [4.78, 5) is 0. The zero-order valence-electron chi connectivity index (χ0n) is 7.93. The monoisotopic (exact) mass is 197 g/mol.